The van der Waals surface area contributed by atoms with Crippen LogP contribution in [0.2, 0.25) is 5.15 Å². The number of rotatable bonds is 4. The van der Waals surface area contributed by atoms with Crippen LogP contribution in [0.1, 0.15) is 5.69 Å². The Hall–Kier alpha value is -1.66. The lowest BCUT2D eigenvalue weighted by atomic mass is 10.3. The minimum absolute atomic E-state index is 0.101. The number of aromatic nitrogens is 1. The van der Waals surface area contributed by atoms with Crippen molar-refractivity contribution in [3.8, 4) is 5.75 Å². The van der Waals surface area contributed by atoms with Gasteiger partial charge in [0, 0.05) is 6.07 Å². The number of nitro benzene ring substituents is 1. The van der Waals surface area contributed by atoms with Crippen molar-refractivity contribution >= 4 is 33.2 Å². The molecule has 0 unspecified atom stereocenters. The number of para-hydroxylation sites is 1. The van der Waals surface area contributed by atoms with E-state index in [4.69, 9.17) is 16.3 Å². The van der Waals surface area contributed by atoms with Gasteiger partial charge in [-0.25, -0.2) is 4.98 Å². The summed E-state index contributed by atoms with van der Waals surface area (Å²) in [6.45, 7) is 0.101. The second-order valence-electron chi connectivity index (χ2n) is 3.59. The maximum Gasteiger partial charge on any atom is 0.312 e. The SMILES string of the molecule is O=[N+]([O-])c1cccc(Br)c1OCc1cccc(Cl)n1. The Morgan fingerprint density at radius 2 is 2.05 bits per heavy atom. The van der Waals surface area contributed by atoms with Gasteiger partial charge < -0.3 is 4.74 Å². The summed E-state index contributed by atoms with van der Waals surface area (Å²) in [6.07, 6.45) is 0. The van der Waals surface area contributed by atoms with Gasteiger partial charge in [0.2, 0.25) is 5.75 Å². The Bertz CT molecular complexity index is 622. The number of hydrogen-bond donors (Lipinski definition) is 0. The van der Waals surface area contributed by atoms with Crippen LogP contribution in [0, 0.1) is 10.1 Å². The molecule has 0 saturated heterocycles. The van der Waals surface area contributed by atoms with Crippen LogP contribution in [0.3, 0.4) is 0 Å². The lowest BCUT2D eigenvalue weighted by molar-refractivity contribution is -0.386. The molecule has 0 aliphatic carbocycles. The summed E-state index contributed by atoms with van der Waals surface area (Å²) < 4.78 is 5.98. The van der Waals surface area contributed by atoms with Crippen LogP contribution in [-0.4, -0.2) is 9.91 Å². The average Bonchev–Trinajstić information content (AvgIpc) is 2.37. The molecular formula is C12H8BrClN2O3. The number of halogens is 2. The molecule has 1 aromatic carbocycles. The zero-order chi connectivity index (χ0) is 13.8. The van der Waals surface area contributed by atoms with Crippen LogP contribution in [0.15, 0.2) is 40.9 Å². The van der Waals surface area contributed by atoms with E-state index in [2.05, 4.69) is 20.9 Å². The minimum atomic E-state index is -0.495. The minimum Gasteiger partial charge on any atom is -0.480 e. The van der Waals surface area contributed by atoms with Crippen molar-refractivity contribution in [2.24, 2.45) is 0 Å². The van der Waals surface area contributed by atoms with E-state index in [1.54, 1.807) is 30.3 Å². The Morgan fingerprint density at radius 3 is 2.74 bits per heavy atom. The summed E-state index contributed by atoms with van der Waals surface area (Å²) in [5.74, 6) is 0.175. The van der Waals surface area contributed by atoms with Gasteiger partial charge in [-0.05, 0) is 34.1 Å². The van der Waals surface area contributed by atoms with E-state index in [0.717, 1.165) is 0 Å². The van der Waals surface area contributed by atoms with E-state index in [0.29, 0.717) is 15.3 Å². The summed E-state index contributed by atoms with van der Waals surface area (Å²) in [5.41, 5.74) is 0.494. The molecule has 7 heteroatoms. The Kier molecular flexibility index (Phi) is 4.34. The van der Waals surface area contributed by atoms with E-state index >= 15 is 0 Å². The second kappa shape index (κ2) is 5.99. The molecule has 0 atom stereocenters. The monoisotopic (exact) mass is 342 g/mol. The highest BCUT2D eigenvalue weighted by atomic mass is 79.9. The lowest BCUT2D eigenvalue weighted by Gasteiger charge is -2.08. The number of benzene rings is 1. The highest BCUT2D eigenvalue weighted by Crippen LogP contribution is 2.35. The highest BCUT2D eigenvalue weighted by Gasteiger charge is 2.18. The third-order valence-electron chi connectivity index (χ3n) is 2.28. The molecule has 0 bridgehead atoms. The van der Waals surface area contributed by atoms with E-state index < -0.39 is 4.92 Å². The van der Waals surface area contributed by atoms with Crippen LogP contribution in [-0.2, 0) is 6.61 Å². The van der Waals surface area contributed by atoms with Crippen LogP contribution >= 0.6 is 27.5 Å². The molecular weight excluding hydrogens is 336 g/mol. The van der Waals surface area contributed by atoms with Crippen LogP contribution < -0.4 is 4.74 Å². The summed E-state index contributed by atoms with van der Waals surface area (Å²) in [7, 11) is 0. The first kappa shape index (κ1) is 13.8. The fourth-order valence-electron chi connectivity index (χ4n) is 1.46. The summed E-state index contributed by atoms with van der Waals surface area (Å²) in [5, 5.41) is 11.3. The maximum atomic E-state index is 10.9. The van der Waals surface area contributed by atoms with Crippen molar-refractivity contribution < 1.29 is 9.66 Å². The fraction of sp³-hybridized carbons (Fsp3) is 0.0833. The third kappa shape index (κ3) is 3.42. The molecule has 0 amide bonds. The van der Waals surface area contributed by atoms with Gasteiger partial charge in [-0.15, -0.1) is 0 Å². The number of nitro groups is 1. The number of ether oxygens (including phenoxy) is 1. The molecule has 0 aliphatic rings. The van der Waals surface area contributed by atoms with Gasteiger partial charge in [0.1, 0.15) is 11.8 Å². The van der Waals surface area contributed by atoms with E-state index in [-0.39, 0.29) is 18.0 Å². The molecule has 2 rings (SSSR count). The summed E-state index contributed by atoms with van der Waals surface area (Å²) >= 11 is 8.98. The quantitative estimate of drug-likeness (QED) is 0.478. The molecule has 2 aromatic rings. The van der Waals surface area contributed by atoms with Crippen LogP contribution in [0.4, 0.5) is 5.69 Å². The van der Waals surface area contributed by atoms with Crippen molar-refractivity contribution in [2.45, 2.75) is 6.61 Å². The van der Waals surface area contributed by atoms with Crippen LogP contribution in [0.25, 0.3) is 0 Å². The zero-order valence-electron chi connectivity index (χ0n) is 9.55. The molecule has 0 fully saturated rings. The number of hydrogen-bond acceptors (Lipinski definition) is 4. The number of pyridine rings is 1. The molecule has 98 valence electrons. The highest BCUT2D eigenvalue weighted by molar-refractivity contribution is 9.10. The molecule has 0 saturated carbocycles. The fourth-order valence-corrected chi connectivity index (χ4v) is 2.11. The van der Waals surface area contributed by atoms with Crippen molar-refractivity contribution in [1.29, 1.82) is 0 Å². The van der Waals surface area contributed by atoms with Crippen molar-refractivity contribution in [3.63, 3.8) is 0 Å². The molecule has 5 nitrogen and oxygen atoms in total. The van der Waals surface area contributed by atoms with Gasteiger partial charge in [0.05, 0.1) is 15.1 Å². The number of nitrogens with zero attached hydrogens (tertiary/aromatic N) is 2. The van der Waals surface area contributed by atoms with E-state index in [9.17, 15) is 10.1 Å². The predicted molar refractivity (Wildman–Crippen MR) is 74.4 cm³/mol. The smallest absolute Gasteiger partial charge is 0.312 e. The van der Waals surface area contributed by atoms with Gasteiger partial charge in [0.15, 0.2) is 0 Å². The van der Waals surface area contributed by atoms with Gasteiger partial charge in [-0.2, -0.15) is 0 Å². The maximum absolute atomic E-state index is 10.9. The first-order valence-electron chi connectivity index (χ1n) is 5.25. The van der Waals surface area contributed by atoms with Crippen LogP contribution in [0.5, 0.6) is 5.75 Å². The third-order valence-corrected chi connectivity index (χ3v) is 3.12. The second-order valence-corrected chi connectivity index (χ2v) is 4.83. The van der Waals surface area contributed by atoms with E-state index in [1.807, 2.05) is 0 Å². The van der Waals surface area contributed by atoms with Gasteiger partial charge in [-0.1, -0.05) is 23.7 Å². The molecule has 1 heterocycles. The largest absolute Gasteiger partial charge is 0.480 e. The van der Waals surface area contributed by atoms with Crippen molar-refractivity contribution in [3.05, 3.63) is 61.8 Å². The van der Waals surface area contributed by atoms with Gasteiger partial charge in [-0.3, -0.25) is 10.1 Å². The normalized spacial score (nSPS) is 10.2. The first-order valence-corrected chi connectivity index (χ1v) is 6.42. The first-order chi connectivity index (χ1) is 9.08. The van der Waals surface area contributed by atoms with E-state index in [1.165, 1.54) is 6.07 Å². The lowest BCUT2D eigenvalue weighted by Crippen LogP contribution is -2.01. The predicted octanol–water partition coefficient (Wildman–Crippen LogP) is 3.98. The molecule has 0 N–H and O–H groups in total. The molecule has 1 aromatic heterocycles. The zero-order valence-corrected chi connectivity index (χ0v) is 11.9. The van der Waals surface area contributed by atoms with Gasteiger partial charge in [0.25, 0.3) is 0 Å². The summed E-state index contributed by atoms with van der Waals surface area (Å²) in [6, 6.07) is 9.74. The van der Waals surface area contributed by atoms with Gasteiger partial charge >= 0.3 is 5.69 Å². The molecule has 0 aliphatic heterocycles. The summed E-state index contributed by atoms with van der Waals surface area (Å²) in [4.78, 5) is 14.5. The van der Waals surface area contributed by atoms with Crippen molar-refractivity contribution in [2.75, 3.05) is 0 Å². The molecule has 19 heavy (non-hydrogen) atoms. The average molecular weight is 344 g/mol. The Morgan fingerprint density at radius 1 is 1.32 bits per heavy atom. The van der Waals surface area contributed by atoms with Crippen molar-refractivity contribution in [1.82, 2.24) is 4.98 Å². The topological polar surface area (TPSA) is 65.3 Å². The standard InChI is InChI=1S/C12H8BrClN2O3/c13-9-4-2-5-10(16(17)18)12(9)19-7-8-3-1-6-11(14)15-8/h1-6H,7H2. The Balaban J connectivity index is 2.22. The molecule has 0 radical (unpaired) electrons. The molecule has 0 spiro atoms. The Labute approximate surface area is 122 Å².